The van der Waals surface area contributed by atoms with Gasteiger partial charge < -0.3 is 14.6 Å². The molecule has 1 N–H and O–H groups in total. The fourth-order valence-corrected chi connectivity index (χ4v) is 8.52. The first-order valence-electron chi connectivity index (χ1n) is 28.1. The van der Waals surface area contributed by atoms with E-state index in [0.29, 0.717) is 19.6 Å². The van der Waals surface area contributed by atoms with Crippen LogP contribution in [0.4, 0.5) is 0 Å². The zero-order chi connectivity index (χ0) is 44.8. The van der Waals surface area contributed by atoms with E-state index in [0.717, 1.165) is 32.1 Å². The van der Waals surface area contributed by atoms with Crippen molar-refractivity contribution in [2.75, 3.05) is 19.8 Å². The summed E-state index contributed by atoms with van der Waals surface area (Å²) in [6, 6.07) is 0. The maximum Gasteiger partial charge on any atom is 0.306 e. The monoisotopic (exact) mass is 871 g/mol. The summed E-state index contributed by atoms with van der Waals surface area (Å²) in [5.41, 5.74) is 0. The van der Waals surface area contributed by atoms with E-state index in [-0.39, 0.29) is 12.6 Å². The van der Waals surface area contributed by atoms with Gasteiger partial charge in [-0.05, 0) is 51.4 Å². The summed E-state index contributed by atoms with van der Waals surface area (Å²) < 4.78 is 11.2. The van der Waals surface area contributed by atoms with Crippen molar-refractivity contribution in [3.8, 4) is 0 Å². The lowest BCUT2D eigenvalue weighted by molar-refractivity contribution is -0.154. The van der Waals surface area contributed by atoms with Crippen molar-refractivity contribution in [1.29, 1.82) is 0 Å². The molecule has 0 aliphatic carbocycles. The molecule has 0 fully saturated rings. The number of hydrogen-bond acceptors (Lipinski definition) is 4. The molecule has 0 radical (unpaired) electrons. The summed E-state index contributed by atoms with van der Waals surface area (Å²) in [5, 5.41) is 9.67. The van der Waals surface area contributed by atoms with Crippen molar-refractivity contribution in [3.05, 3.63) is 36.5 Å². The highest BCUT2D eigenvalue weighted by atomic mass is 16.6. The zero-order valence-corrected chi connectivity index (χ0v) is 42.2. The van der Waals surface area contributed by atoms with Crippen LogP contribution < -0.4 is 0 Å². The first-order valence-corrected chi connectivity index (χ1v) is 28.1. The Hall–Kier alpha value is -1.39. The van der Waals surface area contributed by atoms with Gasteiger partial charge in [-0.15, -0.1) is 0 Å². The van der Waals surface area contributed by atoms with E-state index in [9.17, 15) is 9.90 Å². The molecule has 0 amide bonds. The molecular formula is C58H110O4. The van der Waals surface area contributed by atoms with Crippen LogP contribution in [0.1, 0.15) is 303 Å². The number of esters is 1. The highest BCUT2D eigenvalue weighted by Gasteiger charge is 2.13. The Labute approximate surface area is 389 Å². The quantitative estimate of drug-likeness (QED) is 0.0376. The fourth-order valence-electron chi connectivity index (χ4n) is 8.52. The lowest BCUT2D eigenvalue weighted by Gasteiger charge is -2.16. The predicted octanol–water partition coefficient (Wildman–Crippen LogP) is 19.2. The Kier molecular flexibility index (Phi) is 54.5. The normalized spacial score (nSPS) is 12.5. The molecule has 0 heterocycles. The third-order valence-corrected chi connectivity index (χ3v) is 12.7. The molecule has 0 bridgehead atoms. The van der Waals surface area contributed by atoms with Crippen molar-refractivity contribution >= 4 is 5.97 Å². The Morgan fingerprint density at radius 1 is 0.387 bits per heavy atom. The number of ether oxygens (including phenoxy) is 2. The van der Waals surface area contributed by atoms with E-state index >= 15 is 0 Å². The Morgan fingerprint density at radius 3 is 1.02 bits per heavy atom. The van der Waals surface area contributed by atoms with Gasteiger partial charge in [0.25, 0.3) is 0 Å². The maximum atomic E-state index is 12.3. The molecule has 0 spiro atoms. The molecule has 366 valence electrons. The molecule has 0 aliphatic heterocycles. The van der Waals surface area contributed by atoms with E-state index in [4.69, 9.17) is 9.47 Å². The summed E-state index contributed by atoms with van der Waals surface area (Å²) in [5.74, 6) is -0.194. The van der Waals surface area contributed by atoms with Gasteiger partial charge in [-0.2, -0.15) is 0 Å². The molecule has 1 unspecified atom stereocenters. The van der Waals surface area contributed by atoms with Crippen LogP contribution in [0.25, 0.3) is 0 Å². The summed E-state index contributed by atoms with van der Waals surface area (Å²) in [7, 11) is 0. The van der Waals surface area contributed by atoms with Crippen LogP contribution in [0.3, 0.4) is 0 Å². The second-order valence-corrected chi connectivity index (χ2v) is 19.0. The average Bonchev–Trinajstić information content (AvgIpc) is 3.28. The minimum absolute atomic E-state index is 0.169. The largest absolute Gasteiger partial charge is 0.457 e. The second kappa shape index (κ2) is 55.7. The van der Waals surface area contributed by atoms with E-state index < -0.39 is 6.10 Å². The maximum absolute atomic E-state index is 12.3. The Morgan fingerprint density at radius 2 is 0.677 bits per heavy atom. The molecular weight excluding hydrogens is 761 g/mol. The lowest BCUT2D eigenvalue weighted by Crippen LogP contribution is -2.27. The number of carbonyl (C=O) groups excluding carboxylic acids is 1. The summed E-state index contributed by atoms with van der Waals surface area (Å²) in [4.78, 5) is 12.3. The smallest absolute Gasteiger partial charge is 0.306 e. The van der Waals surface area contributed by atoms with Crippen LogP contribution in [0.5, 0.6) is 0 Å². The van der Waals surface area contributed by atoms with Crippen molar-refractivity contribution in [2.45, 2.75) is 309 Å². The van der Waals surface area contributed by atoms with Crippen molar-refractivity contribution in [2.24, 2.45) is 0 Å². The molecule has 0 saturated heterocycles. The van der Waals surface area contributed by atoms with Gasteiger partial charge in [-0.25, -0.2) is 0 Å². The van der Waals surface area contributed by atoms with Gasteiger partial charge in [0, 0.05) is 13.0 Å². The molecule has 4 nitrogen and oxygen atoms in total. The van der Waals surface area contributed by atoms with Gasteiger partial charge >= 0.3 is 5.97 Å². The van der Waals surface area contributed by atoms with Gasteiger partial charge in [0.15, 0.2) is 0 Å². The van der Waals surface area contributed by atoms with Crippen molar-refractivity contribution in [3.63, 3.8) is 0 Å². The highest BCUT2D eigenvalue weighted by molar-refractivity contribution is 5.69. The third kappa shape index (κ3) is 53.0. The molecule has 0 aromatic carbocycles. The first kappa shape index (κ1) is 60.6. The highest BCUT2D eigenvalue weighted by Crippen LogP contribution is 2.17. The number of aliphatic hydroxyl groups excluding tert-OH is 1. The zero-order valence-electron chi connectivity index (χ0n) is 42.2. The van der Waals surface area contributed by atoms with Gasteiger partial charge in [-0.3, -0.25) is 4.79 Å². The number of rotatable bonds is 53. The molecule has 0 aliphatic rings. The van der Waals surface area contributed by atoms with E-state index in [2.05, 4.69) is 50.3 Å². The number of unbranched alkanes of at least 4 members (excludes halogenated alkanes) is 39. The number of allylic oxidation sites excluding steroid dienone is 6. The lowest BCUT2D eigenvalue weighted by atomic mass is 10.0. The molecule has 0 rings (SSSR count). The van der Waals surface area contributed by atoms with Gasteiger partial charge in [-0.1, -0.05) is 281 Å². The second-order valence-electron chi connectivity index (χ2n) is 19.0. The number of carbonyl (C=O) groups is 1. The fraction of sp³-hybridized carbons (Fsp3) is 0.879. The van der Waals surface area contributed by atoms with Gasteiger partial charge in [0.05, 0.1) is 13.2 Å². The van der Waals surface area contributed by atoms with Crippen LogP contribution in [-0.4, -0.2) is 37.0 Å². The molecule has 0 aromatic rings. The van der Waals surface area contributed by atoms with E-state index in [1.54, 1.807) is 0 Å². The molecule has 1 atom stereocenters. The predicted molar refractivity (Wildman–Crippen MR) is 274 cm³/mol. The van der Waals surface area contributed by atoms with Gasteiger partial charge in [0.2, 0.25) is 0 Å². The molecule has 0 aromatic heterocycles. The Bertz CT molecular complexity index is 924. The SMILES string of the molecule is CCCCCCC/C=C\C/C=C\C/C=C\CCCCCCCCCCCCCOCC(CO)OC(=O)CCCCCCCCCCCCCCCCCCCCCCCCCC. The third-order valence-electron chi connectivity index (χ3n) is 12.7. The molecule has 62 heavy (non-hydrogen) atoms. The first-order chi connectivity index (χ1) is 30.7. The summed E-state index contributed by atoms with van der Waals surface area (Å²) in [6.07, 6.45) is 72.6. The Balaban J connectivity index is 3.37. The standard InChI is InChI=1S/C58H110O4/c1-3-5-7-9-11-13-15-17-19-21-23-25-27-29-30-32-34-36-38-40-42-44-46-48-50-52-54-61-56-57(55-59)62-58(60)53-51-49-47-45-43-41-39-37-35-33-31-28-26-24-22-20-18-16-14-12-10-8-6-4-2/h15,17,21,23,27,29,57,59H,3-14,16,18-20,22,24-26,28,30-56H2,1-2H3/b17-15-,23-21-,29-27-. The minimum Gasteiger partial charge on any atom is -0.457 e. The van der Waals surface area contributed by atoms with Crippen molar-refractivity contribution < 1.29 is 19.4 Å². The number of aliphatic hydroxyl groups is 1. The minimum atomic E-state index is -0.534. The summed E-state index contributed by atoms with van der Waals surface area (Å²) in [6.45, 7) is 5.38. The van der Waals surface area contributed by atoms with Crippen molar-refractivity contribution in [1.82, 2.24) is 0 Å². The summed E-state index contributed by atoms with van der Waals surface area (Å²) >= 11 is 0. The number of hydrogen-bond donors (Lipinski definition) is 1. The van der Waals surface area contributed by atoms with Crippen LogP contribution in [0.2, 0.25) is 0 Å². The topological polar surface area (TPSA) is 55.8 Å². The van der Waals surface area contributed by atoms with Crippen LogP contribution in [0, 0.1) is 0 Å². The van der Waals surface area contributed by atoms with E-state index in [1.807, 2.05) is 0 Å². The molecule has 0 saturated carbocycles. The van der Waals surface area contributed by atoms with E-state index in [1.165, 1.54) is 250 Å². The molecule has 4 heteroatoms. The van der Waals surface area contributed by atoms with Gasteiger partial charge in [0.1, 0.15) is 6.10 Å². The van der Waals surface area contributed by atoms with Crippen LogP contribution in [-0.2, 0) is 14.3 Å². The van der Waals surface area contributed by atoms with Crippen LogP contribution >= 0.6 is 0 Å². The average molecular weight is 872 g/mol. The van der Waals surface area contributed by atoms with Crippen LogP contribution in [0.15, 0.2) is 36.5 Å².